The van der Waals surface area contributed by atoms with Crippen LogP contribution in [0.3, 0.4) is 0 Å². The first-order valence-corrected chi connectivity index (χ1v) is 10.0. The molecule has 0 aromatic carbocycles. The number of likely N-dealkylation sites (tertiary alicyclic amines) is 2. The molecular weight excluding hydrogens is 346 g/mol. The maximum atomic E-state index is 11.7. The summed E-state index contributed by atoms with van der Waals surface area (Å²) in [7, 11) is 2.11. The molecule has 2 saturated heterocycles. The van der Waals surface area contributed by atoms with Crippen LogP contribution in [0.4, 0.5) is 4.79 Å². The minimum atomic E-state index is -0.503. The average molecular weight is 386 g/mol. The molecule has 1 N–H and O–H groups in total. The molecule has 0 aromatic heterocycles. The Balaban J connectivity index is 0.000000488. The molecule has 1 atom stereocenters. The number of Topliss-reactive ketones (excluding diaryl/α,β-unsaturated/α-hetero) is 1. The molecule has 0 bridgehead atoms. The van der Waals surface area contributed by atoms with Gasteiger partial charge in [-0.05, 0) is 67.1 Å². The number of hydrogen-bond donors (Lipinski definition) is 1. The highest BCUT2D eigenvalue weighted by molar-refractivity contribution is 5.85. The molecule has 7 heteroatoms. The number of piperidine rings is 2. The van der Waals surface area contributed by atoms with Crippen molar-refractivity contribution in [1.29, 1.82) is 0 Å². The molecule has 0 aromatic rings. The highest BCUT2D eigenvalue weighted by atomic mass is 16.6. The van der Waals surface area contributed by atoms with Gasteiger partial charge in [-0.1, -0.05) is 13.8 Å². The first-order valence-electron chi connectivity index (χ1n) is 10.0. The topological polar surface area (TPSA) is 79.0 Å². The lowest BCUT2D eigenvalue weighted by Gasteiger charge is -2.34. The molecule has 0 aliphatic carbocycles. The quantitative estimate of drug-likeness (QED) is 0.740. The molecule has 2 aliphatic heterocycles. The molecular formula is C20H39N3O4. The summed E-state index contributed by atoms with van der Waals surface area (Å²) < 4.78 is 5.23. The van der Waals surface area contributed by atoms with Crippen molar-refractivity contribution in [2.75, 3.05) is 26.7 Å². The predicted molar refractivity (Wildman–Crippen MR) is 108 cm³/mol. The van der Waals surface area contributed by atoms with Crippen LogP contribution in [0.2, 0.25) is 0 Å². The number of rotatable bonds is 2. The van der Waals surface area contributed by atoms with E-state index in [1.54, 1.807) is 0 Å². The van der Waals surface area contributed by atoms with Crippen molar-refractivity contribution in [1.82, 2.24) is 15.1 Å². The van der Waals surface area contributed by atoms with Gasteiger partial charge in [-0.3, -0.25) is 14.5 Å². The number of carbonyl (C=O) groups is 3. The molecule has 158 valence electrons. The zero-order valence-corrected chi connectivity index (χ0v) is 18.2. The summed E-state index contributed by atoms with van der Waals surface area (Å²) in [4.78, 5) is 36.8. The minimum Gasteiger partial charge on any atom is -0.444 e. The molecule has 0 spiro atoms. The summed E-state index contributed by atoms with van der Waals surface area (Å²) >= 11 is 0. The largest absolute Gasteiger partial charge is 0.444 e. The van der Waals surface area contributed by atoms with Crippen LogP contribution >= 0.6 is 0 Å². The SMILES string of the molecule is CC.CC1CCC(=O)CN1C(=O)OC(C)(C)C.CN1CCC(NC=O)CC1. The van der Waals surface area contributed by atoms with Gasteiger partial charge in [0.1, 0.15) is 5.60 Å². The van der Waals surface area contributed by atoms with Crippen LogP contribution in [0.5, 0.6) is 0 Å². The van der Waals surface area contributed by atoms with Gasteiger partial charge in [0, 0.05) is 18.5 Å². The van der Waals surface area contributed by atoms with Gasteiger partial charge in [0.05, 0.1) is 6.54 Å². The van der Waals surface area contributed by atoms with Gasteiger partial charge in [-0.25, -0.2) is 4.79 Å². The molecule has 0 radical (unpaired) electrons. The number of nitrogens with one attached hydrogen (secondary N) is 1. The Kier molecular flexibility index (Phi) is 11.9. The number of carbonyl (C=O) groups excluding carboxylic acids is 3. The maximum Gasteiger partial charge on any atom is 0.410 e. The van der Waals surface area contributed by atoms with Crippen LogP contribution in [-0.4, -0.2) is 72.5 Å². The first-order chi connectivity index (χ1) is 12.6. The molecule has 2 amide bonds. The minimum absolute atomic E-state index is 0.0950. The molecule has 27 heavy (non-hydrogen) atoms. The van der Waals surface area contributed by atoms with Crippen molar-refractivity contribution in [3.8, 4) is 0 Å². The third-order valence-electron chi connectivity index (χ3n) is 4.37. The fourth-order valence-electron chi connectivity index (χ4n) is 2.79. The van der Waals surface area contributed by atoms with E-state index in [1.807, 2.05) is 41.5 Å². The number of hydrogen-bond acceptors (Lipinski definition) is 5. The van der Waals surface area contributed by atoms with Gasteiger partial charge in [-0.15, -0.1) is 0 Å². The highest BCUT2D eigenvalue weighted by Crippen LogP contribution is 2.18. The van der Waals surface area contributed by atoms with Gasteiger partial charge in [-0.2, -0.15) is 0 Å². The van der Waals surface area contributed by atoms with Crippen molar-refractivity contribution in [2.24, 2.45) is 0 Å². The molecule has 7 nitrogen and oxygen atoms in total. The van der Waals surface area contributed by atoms with E-state index in [-0.39, 0.29) is 24.5 Å². The molecule has 1 unspecified atom stereocenters. The third-order valence-corrected chi connectivity index (χ3v) is 4.37. The van der Waals surface area contributed by atoms with Crippen molar-refractivity contribution in [3.63, 3.8) is 0 Å². The van der Waals surface area contributed by atoms with E-state index in [9.17, 15) is 14.4 Å². The zero-order chi connectivity index (χ0) is 21.0. The lowest BCUT2D eigenvalue weighted by Crippen LogP contribution is -2.47. The fraction of sp³-hybridized carbons (Fsp3) is 0.850. The van der Waals surface area contributed by atoms with Gasteiger partial charge >= 0.3 is 6.09 Å². The Bertz CT molecular complexity index is 455. The lowest BCUT2D eigenvalue weighted by molar-refractivity contribution is -0.123. The first kappa shape index (κ1) is 25.4. The summed E-state index contributed by atoms with van der Waals surface area (Å²) in [6.07, 6.45) is 3.90. The van der Waals surface area contributed by atoms with Crippen LogP contribution in [-0.2, 0) is 14.3 Å². The summed E-state index contributed by atoms with van der Waals surface area (Å²) in [5.74, 6) is 0.110. The normalized spacial score (nSPS) is 21.2. The van der Waals surface area contributed by atoms with Crippen LogP contribution in [0, 0.1) is 0 Å². The molecule has 2 rings (SSSR count). The van der Waals surface area contributed by atoms with Crippen molar-refractivity contribution in [2.45, 2.75) is 84.9 Å². The summed E-state index contributed by atoms with van der Waals surface area (Å²) in [6.45, 7) is 13.8. The lowest BCUT2D eigenvalue weighted by atomic mass is 10.0. The van der Waals surface area contributed by atoms with Crippen LogP contribution in [0.25, 0.3) is 0 Å². The van der Waals surface area contributed by atoms with Crippen LogP contribution in [0.15, 0.2) is 0 Å². The zero-order valence-electron chi connectivity index (χ0n) is 18.2. The van der Waals surface area contributed by atoms with Crippen LogP contribution in [0.1, 0.15) is 67.2 Å². The third kappa shape index (κ3) is 11.0. The summed E-state index contributed by atoms with van der Waals surface area (Å²) in [5.41, 5.74) is -0.503. The number of nitrogens with zero attached hydrogens (tertiary/aromatic N) is 2. The van der Waals surface area contributed by atoms with E-state index >= 15 is 0 Å². The van der Waals surface area contributed by atoms with Crippen LogP contribution < -0.4 is 5.32 Å². The summed E-state index contributed by atoms with van der Waals surface area (Å²) in [5, 5.41) is 2.80. The Hall–Kier alpha value is -1.63. The van der Waals surface area contributed by atoms with Gasteiger partial charge in [0.25, 0.3) is 0 Å². The van der Waals surface area contributed by atoms with Gasteiger partial charge < -0.3 is 15.0 Å². The molecule has 2 fully saturated rings. The summed E-state index contributed by atoms with van der Waals surface area (Å²) in [6, 6.07) is 0.520. The number of ketones is 1. The number of amides is 2. The van der Waals surface area contributed by atoms with E-state index in [2.05, 4.69) is 17.3 Å². The Morgan fingerprint density at radius 3 is 2.22 bits per heavy atom. The van der Waals surface area contributed by atoms with Gasteiger partial charge in [0.15, 0.2) is 5.78 Å². The van der Waals surface area contributed by atoms with Gasteiger partial charge in [0.2, 0.25) is 6.41 Å². The van der Waals surface area contributed by atoms with Crippen molar-refractivity contribution in [3.05, 3.63) is 0 Å². The van der Waals surface area contributed by atoms with E-state index in [1.165, 1.54) is 4.90 Å². The molecule has 0 saturated carbocycles. The Labute approximate surface area is 164 Å². The van der Waals surface area contributed by atoms with Crippen molar-refractivity contribution >= 4 is 18.3 Å². The molecule has 2 aliphatic rings. The van der Waals surface area contributed by atoms with E-state index in [4.69, 9.17) is 4.74 Å². The second-order valence-electron chi connectivity index (χ2n) is 7.90. The van der Waals surface area contributed by atoms with E-state index in [0.29, 0.717) is 12.5 Å². The second-order valence-corrected chi connectivity index (χ2v) is 7.90. The monoisotopic (exact) mass is 385 g/mol. The predicted octanol–water partition coefficient (Wildman–Crippen LogP) is 2.83. The Morgan fingerprint density at radius 2 is 1.74 bits per heavy atom. The fourth-order valence-corrected chi connectivity index (χ4v) is 2.79. The number of ether oxygens (including phenoxy) is 1. The Morgan fingerprint density at radius 1 is 1.19 bits per heavy atom. The highest BCUT2D eigenvalue weighted by Gasteiger charge is 2.30. The standard InChI is InChI=1S/C11H19NO3.C7H14N2O.C2H6/c1-8-5-6-9(13)7-12(8)10(14)15-11(2,3)4;1-9-4-2-7(3-5-9)8-6-10;1-2/h8H,5-7H2,1-4H3;6-7H,2-5H2,1H3,(H,8,10);1-2H3. The second kappa shape index (κ2) is 12.7. The van der Waals surface area contributed by atoms with Crippen molar-refractivity contribution < 1.29 is 19.1 Å². The maximum absolute atomic E-state index is 11.7. The average Bonchev–Trinajstić information content (AvgIpc) is 2.60. The van der Waals surface area contributed by atoms with E-state index in [0.717, 1.165) is 38.8 Å². The smallest absolute Gasteiger partial charge is 0.410 e. The molecule has 2 heterocycles. The van der Waals surface area contributed by atoms with E-state index < -0.39 is 5.60 Å².